The molecule has 0 radical (unpaired) electrons. The van der Waals surface area contributed by atoms with Gasteiger partial charge in [0, 0.05) is 11.8 Å². The molecule has 4 nitrogen and oxygen atoms in total. The van der Waals surface area contributed by atoms with E-state index in [1.54, 1.807) is 19.5 Å². The Hall–Kier alpha value is -1.94. The fourth-order valence-electron chi connectivity index (χ4n) is 2.25. The third-order valence-electron chi connectivity index (χ3n) is 3.24. The number of nitrogens with zero attached hydrogens (tertiary/aromatic N) is 2. The van der Waals surface area contributed by atoms with Crippen LogP contribution in [0.15, 0.2) is 36.7 Å². The highest BCUT2D eigenvalue weighted by atomic mass is 16.5. The van der Waals surface area contributed by atoms with E-state index in [0.29, 0.717) is 0 Å². The van der Waals surface area contributed by atoms with Gasteiger partial charge in [0.15, 0.2) is 0 Å². The zero-order valence-electron chi connectivity index (χ0n) is 12.3. The molecule has 1 aromatic heterocycles. The molecule has 0 amide bonds. The fourth-order valence-corrected chi connectivity index (χ4v) is 2.25. The lowest BCUT2D eigenvalue weighted by molar-refractivity contribution is 0.403. The van der Waals surface area contributed by atoms with E-state index in [-0.39, 0.29) is 6.04 Å². The molecule has 1 heterocycles. The molecule has 4 heteroatoms. The third-order valence-corrected chi connectivity index (χ3v) is 3.24. The second-order valence-corrected chi connectivity index (χ2v) is 4.81. The first-order valence-corrected chi connectivity index (χ1v) is 6.90. The number of rotatable bonds is 6. The van der Waals surface area contributed by atoms with E-state index in [1.165, 1.54) is 5.56 Å². The minimum atomic E-state index is 0.0697. The lowest BCUT2D eigenvalue weighted by atomic mass is 9.97. The maximum atomic E-state index is 5.51. The lowest BCUT2D eigenvalue weighted by Crippen LogP contribution is -2.24. The van der Waals surface area contributed by atoms with Crippen LogP contribution < -0.4 is 10.1 Å². The molecule has 0 fully saturated rings. The van der Waals surface area contributed by atoms with Crippen molar-refractivity contribution in [3.63, 3.8) is 0 Å². The number of ether oxygens (including phenoxy) is 1. The third kappa shape index (κ3) is 3.33. The van der Waals surface area contributed by atoms with Crippen LogP contribution in [0.2, 0.25) is 0 Å². The highest BCUT2D eigenvalue weighted by molar-refractivity contribution is 5.43. The molecule has 0 saturated heterocycles. The molecule has 1 unspecified atom stereocenters. The summed E-state index contributed by atoms with van der Waals surface area (Å²) in [7, 11) is 1.70. The van der Waals surface area contributed by atoms with Gasteiger partial charge in [-0.2, -0.15) is 10.2 Å². The van der Waals surface area contributed by atoms with Crippen LogP contribution in [-0.4, -0.2) is 23.9 Å². The Kier molecular flexibility index (Phi) is 5.07. The molecule has 2 aromatic rings. The quantitative estimate of drug-likeness (QED) is 0.877. The van der Waals surface area contributed by atoms with Crippen LogP contribution in [0.3, 0.4) is 0 Å². The van der Waals surface area contributed by atoms with Crippen molar-refractivity contribution in [3.8, 4) is 5.75 Å². The van der Waals surface area contributed by atoms with Crippen molar-refractivity contribution in [2.24, 2.45) is 0 Å². The summed E-state index contributed by atoms with van der Waals surface area (Å²) in [6.07, 6.45) is 4.59. The molecule has 1 aromatic carbocycles. The van der Waals surface area contributed by atoms with Gasteiger partial charge in [-0.25, -0.2) is 0 Å². The van der Waals surface area contributed by atoms with E-state index < -0.39 is 0 Å². The van der Waals surface area contributed by atoms with Crippen LogP contribution in [0.1, 0.15) is 36.1 Å². The smallest absolute Gasteiger partial charge is 0.124 e. The molecule has 106 valence electrons. The summed E-state index contributed by atoms with van der Waals surface area (Å²) < 4.78 is 5.51. The van der Waals surface area contributed by atoms with Crippen molar-refractivity contribution in [1.29, 1.82) is 0 Å². The SMILES string of the molecule is CCCNC(c1ccnnc1)c1cc(C)ccc1OC. The van der Waals surface area contributed by atoms with Gasteiger partial charge in [-0.3, -0.25) is 0 Å². The van der Waals surface area contributed by atoms with Crippen LogP contribution in [-0.2, 0) is 0 Å². The van der Waals surface area contributed by atoms with Gasteiger partial charge in [-0.15, -0.1) is 0 Å². The van der Waals surface area contributed by atoms with Crippen molar-refractivity contribution >= 4 is 0 Å². The second-order valence-electron chi connectivity index (χ2n) is 4.81. The van der Waals surface area contributed by atoms with E-state index in [1.807, 2.05) is 12.1 Å². The first-order valence-electron chi connectivity index (χ1n) is 6.90. The van der Waals surface area contributed by atoms with Crippen LogP contribution in [0.5, 0.6) is 5.75 Å². The number of hydrogen-bond donors (Lipinski definition) is 1. The minimum Gasteiger partial charge on any atom is -0.496 e. The van der Waals surface area contributed by atoms with Crippen LogP contribution in [0, 0.1) is 6.92 Å². The molecule has 1 N–H and O–H groups in total. The van der Waals surface area contributed by atoms with Gasteiger partial charge < -0.3 is 10.1 Å². The molecule has 0 aliphatic rings. The Morgan fingerprint density at radius 3 is 2.75 bits per heavy atom. The number of benzene rings is 1. The molecule has 0 saturated carbocycles. The first kappa shape index (κ1) is 14.5. The highest BCUT2D eigenvalue weighted by Gasteiger charge is 2.18. The van der Waals surface area contributed by atoms with Crippen molar-refractivity contribution in [1.82, 2.24) is 15.5 Å². The summed E-state index contributed by atoms with van der Waals surface area (Å²) in [4.78, 5) is 0. The number of aryl methyl sites for hydroxylation is 1. The standard InChI is InChI=1S/C16H21N3O/c1-4-8-17-16(13-7-9-18-19-11-13)14-10-12(2)5-6-15(14)20-3/h5-7,9-11,16-17H,4,8H2,1-3H3. The summed E-state index contributed by atoms with van der Waals surface area (Å²) in [6.45, 7) is 5.18. The molecular formula is C16H21N3O. The molecule has 0 bridgehead atoms. The van der Waals surface area contributed by atoms with E-state index in [2.05, 4.69) is 41.5 Å². The second kappa shape index (κ2) is 7.01. The highest BCUT2D eigenvalue weighted by Crippen LogP contribution is 2.30. The summed E-state index contributed by atoms with van der Waals surface area (Å²) in [6, 6.07) is 8.29. The van der Waals surface area contributed by atoms with Crippen LogP contribution in [0.4, 0.5) is 0 Å². The van der Waals surface area contributed by atoms with E-state index in [9.17, 15) is 0 Å². The monoisotopic (exact) mass is 271 g/mol. The normalized spacial score (nSPS) is 12.2. The maximum Gasteiger partial charge on any atom is 0.124 e. The van der Waals surface area contributed by atoms with Crippen molar-refractivity contribution in [2.45, 2.75) is 26.3 Å². The van der Waals surface area contributed by atoms with Gasteiger partial charge in [0.25, 0.3) is 0 Å². The van der Waals surface area contributed by atoms with Gasteiger partial charge in [0.1, 0.15) is 5.75 Å². The van der Waals surface area contributed by atoms with Crippen molar-refractivity contribution < 1.29 is 4.74 Å². The summed E-state index contributed by atoms with van der Waals surface area (Å²) in [5.74, 6) is 0.890. The number of nitrogens with one attached hydrogen (secondary N) is 1. The Labute approximate surface area is 120 Å². The van der Waals surface area contributed by atoms with Crippen LogP contribution in [0.25, 0.3) is 0 Å². The molecule has 0 aliphatic carbocycles. The Balaban J connectivity index is 2.43. The van der Waals surface area contributed by atoms with Gasteiger partial charge in [0.2, 0.25) is 0 Å². The molecule has 0 aliphatic heterocycles. The van der Waals surface area contributed by atoms with Crippen molar-refractivity contribution in [2.75, 3.05) is 13.7 Å². The van der Waals surface area contributed by atoms with Crippen molar-refractivity contribution in [3.05, 3.63) is 53.3 Å². The summed E-state index contributed by atoms with van der Waals surface area (Å²) in [5, 5.41) is 11.4. The lowest BCUT2D eigenvalue weighted by Gasteiger charge is -2.21. The molecule has 1 atom stereocenters. The predicted molar refractivity (Wildman–Crippen MR) is 79.9 cm³/mol. The summed E-state index contributed by atoms with van der Waals surface area (Å²) >= 11 is 0. The van der Waals surface area contributed by atoms with E-state index >= 15 is 0 Å². The van der Waals surface area contributed by atoms with E-state index in [4.69, 9.17) is 4.74 Å². The zero-order valence-corrected chi connectivity index (χ0v) is 12.3. The number of methoxy groups -OCH3 is 1. The topological polar surface area (TPSA) is 47.0 Å². The number of hydrogen-bond acceptors (Lipinski definition) is 4. The Morgan fingerprint density at radius 2 is 2.10 bits per heavy atom. The maximum absolute atomic E-state index is 5.51. The number of aromatic nitrogens is 2. The molecule has 2 rings (SSSR count). The first-order chi connectivity index (χ1) is 9.76. The predicted octanol–water partition coefficient (Wildman–Crippen LogP) is 2.88. The minimum absolute atomic E-state index is 0.0697. The Bertz CT molecular complexity index is 543. The Morgan fingerprint density at radius 1 is 1.25 bits per heavy atom. The zero-order chi connectivity index (χ0) is 14.4. The van der Waals surface area contributed by atoms with E-state index in [0.717, 1.165) is 29.8 Å². The average molecular weight is 271 g/mol. The largest absolute Gasteiger partial charge is 0.496 e. The van der Waals surface area contributed by atoms with Gasteiger partial charge >= 0.3 is 0 Å². The molecular weight excluding hydrogens is 250 g/mol. The van der Waals surface area contributed by atoms with Gasteiger partial charge in [-0.1, -0.05) is 24.6 Å². The molecule has 0 spiro atoms. The average Bonchev–Trinajstić information content (AvgIpc) is 2.49. The van der Waals surface area contributed by atoms with Gasteiger partial charge in [-0.05, 0) is 37.6 Å². The van der Waals surface area contributed by atoms with Crippen LogP contribution >= 0.6 is 0 Å². The van der Waals surface area contributed by atoms with Gasteiger partial charge in [0.05, 0.1) is 19.3 Å². The fraction of sp³-hybridized carbons (Fsp3) is 0.375. The summed E-state index contributed by atoms with van der Waals surface area (Å²) in [5.41, 5.74) is 3.44. The molecule has 20 heavy (non-hydrogen) atoms.